The van der Waals surface area contributed by atoms with E-state index in [1.165, 1.54) is 6.07 Å². The minimum Gasteiger partial charge on any atom is -0.394 e. The summed E-state index contributed by atoms with van der Waals surface area (Å²) < 4.78 is 27.7. The molecule has 0 unspecified atom stereocenters. The van der Waals surface area contributed by atoms with Crippen molar-refractivity contribution in [1.29, 1.82) is 0 Å². The first-order valence-electron chi connectivity index (χ1n) is 5.40. The van der Waals surface area contributed by atoms with Crippen LogP contribution < -0.4 is 4.72 Å². The quantitative estimate of drug-likeness (QED) is 0.802. The molecule has 0 aliphatic heterocycles. The maximum absolute atomic E-state index is 12.2. The Labute approximate surface area is 125 Å². The summed E-state index contributed by atoms with van der Waals surface area (Å²) in [4.78, 5) is 0. The first-order valence-corrected chi connectivity index (χ1v) is 8.87. The maximum atomic E-state index is 12.2. The molecule has 0 radical (unpaired) electrons. The van der Waals surface area contributed by atoms with E-state index in [0.29, 0.717) is 21.7 Å². The summed E-state index contributed by atoms with van der Waals surface area (Å²) in [6.45, 7) is 3.43. The van der Waals surface area contributed by atoms with Crippen molar-refractivity contribution < 1.29 is 13.5 Å². The van der Waals surface area contributed by atoms with Gasteiger partial charge in [-0.25, -0.2) is 13.1 Å². The van der Waals surface area contributed by atoms with Gasteiger partial charge in [0.15, 0.2) is 0 Å². The number of aliphatic hydroxyl groups is 1. The fourth-order valence-corrected chi connectivity index (χ4v) is 5.38. The van der Waals surface area contributed by atoms with Crippen molar-refractivity contribution in [3.05, 3.63) is 14.9 Å². The SMILES string of the molecule is CCC(CC)(CO)NS(=O)(=O)c1cc(Cl)c(Br)s1. The fourth-order valence-electron chi connectivity index (χ4n) is 1.44. The zero-order valence-corrected chi connectivity index (χ0v) is 14.0. The Hall–Kier alpha value is 0.340. The lowest BCUT2D eigenvalue weighted by Gasteiger charge is -2.29. The van der Waals surface area contributed by atoms with E-state index in [0.717, 1.165) is 11.3 Å². The minimum absolute atomic E-state index is 0.138. The van der Waals surface area contributed by atoms with Gasteiger partial charge in [0.05, 0.1) is 21.0 Å². The predicted molar refractivity (Wildman–Crippen MR) is 77.7 cm³/mol. The van der Waals surface area contributed by atoms with Gasteiger partial charge in [0, 0.05) is 0 Å². The molecule has 104 valence electrons. The maximum Gasteiger partial charge on any atom is 0.250 e. The van der Waals surface area contributed by atoms with Crippen LogP contribution in [0.4, 0.5) is 0 Å². The number of halogens is 2. The molecule has 8 heteroatoms. The number of nitrogens with one attached hydrogen (secondary N) is 1. The van der Waals surface area contributed by atoms with Crippen LogP contribution >= 0.6 is 38.9 Å². The highest BCUT2D eigenvalue weighted by atomic mass is 79.9. The molecule has 0 aliphatic rings. The molecule has 1 aromatic heterocycles. The Morgan fingerprint density at radius 1 is 1.50 bits per heavy atom. The molecule has 0 atom stereocenters. The van der Waals surface area contributed by atoms with Crippen molar-refractivity contribution >= 4 is 48.9 Å². The molecule has 0 saturated carbocycles. The highest BCUT2D eigenvalue weighted by molar-refractivity contribution is 9.11. The molecule has 4 nitrogen and oxygen atoms in total. The van der Waals surface area contributed by atoms with Gasteiger partial charge in [-0.05, 0) is 34.8 Å². The topological polar surface area (TPSA) is 66.4 Å². The van der Waals surface area contributed by atoms with E-state index < -0.39 is 15.6 Å². The molecule has 0 aromatic carbocycles. The van der Waals surface area contributed by atoms with Crippen LogP contribution in [0.5, 0.6) is 0 Å². The molecule has 0 saturated heterocycles. The largest absolute Gasteiger partial charge is 0.394 e. The zero-order valence-electron chi connectivity index (χ0n) is 10.0. The molecule has 1 rings (SSSR count). The Morgan fingerprint density at radius 3 is 2.39 bits per heavy atom. The Bertz CT molecular complexity index is 483. The van der Waals surface area contributed by atoms with Crippen LogP contribution in [0.25, 0.3) is 0 Å². The second kappa shape index (κ2) is 6.19. The van der Waals surface area contributed by atoms with Crippen LogP contribution in [0, 0.1) is 0 Å². The first-order chi connectivity index (χ1) is 8.30. The Balaban J connectivity index is 3.08. The molecule has 0 bridgehead atoms. The van der Waals surface area contributed by atoms with E-state index in [1.54, 1.807) is 0 Å². The molecule has 0 aliphatic carbocycles. The second-order valence-corrected chi connectivity index (χ2v) is 8.62. The van der Waals surface area contributed by atoms with Gasteiger partial charge in [-0.3, -0.25) is 0 Å². The number of rotatable bonds is 6. The Kier molecular flexibility index (Phi) is 5.64. The number of hydrogen-bond acceptors (Lipinski definition) is 4. The van der Waals surface area contributed by atoms with E-state index >= 15 is 0 Å². The third-order valence-electron chi connectivity index (χ3n) is 2.89. The molecule has 0 spiro atoms. The smallest absolute Gasteiger partial charge is 0.250 e. The zero-order chi connectivity index (χ0) is 14.0. The highest BCUT2D eigenvalue weighted by Crippen LogP contribution is 2.35. The van der Waals surface area contributed by atoms with Crippen molar-refractivity contribution in [2.45, 2.75) is 36.4 Å². The number of aliphatic hydroxyl groups excluding tert-OH is 1. The molecule has 2 N–H and O–H groups in total. The average molecular weight is 377 g/mol. The van der Waals surface area contributed by atoms with Crippen molar-refractivity contribution in [1.82, 2.24) is 4.72 Å². The van der Waals surface area contributed by atoms with Crippen molar-refractivity contribution in [2.24, 2.45) is 0 Å². The lowest BCUT2D eigenvalue weighted by atomic mass is 9.96. The fraction of sp³-hybridized carbons (Fsp3) is 0.600. The summed E-state index contributed by atoms with van der Waals surface area (Å²) in [6.07, 6.45) is 1.03. The second-order valence-electron chi connectivity index (χ2n) is 3.94. The van der Waals surface area contributed by atoms with Gasteiger partial charge in [-0.2, -0.15) is 0 Å². The number of thiophene rings is 1. The van der Waals surface area contributed by atoms with Gasteiger partial charge < -0.3 is 5.11 Å². The predicted octanol–water partition coefficient (Wildman–Crippen LogP) is 2.99. The van der Waals surface area contributed by atoms with E-state index in [1.807, 2.05) is 13.8 Å². The summed E-state index contributed by atoms with van der Waals surface area (Å²) in [7, 11) is -3.66. The lowest BCUT2D eigenvalue weighted by Crippen LogP contribution is -2.50. The van der Waals surface area contributed by atoms with E-state index in [-0.39, 0.29) is 10.8 Å². The van der Waals surface area contributed by atoms with E-state index in [9.17, 15) is 13.5 Å². The van der Waals surface area contributed by atoms with Gasteiger partial charge in [0.1, 0.15) is 4.21 Å². The summed E-state index contributed by atoms with van der Waals surface area (Å²) in [6, 6.07) is 1.39. The third-order valence-corrected chi connectivity index (χ3v) is 7.42. The molecule has 1 aromatic rings. The van der Waals surface area contributed by atoms with Gasteiger partial charge in [0.2, 0.25) is 0 Å². The lowest BCUT2D eigenvalue weighted by molar-refractivity contribution is 0.172. The molecular formula is C10H15BrClNO3S2. The first kappa shape index (κ1) is 16.4. The van der Waals surface area contributed by atoms with Crippen molar-refractivity contribution in [3.63, 3.8) is 0 Å². The summed E-state index contributed by atoms with van der Waals surface area (Å²) in [5.41, 5.74) is -0.818. The van der Waals surface area contributed by atoms with Crippen molar-refractivity contribution in [3.8, 4) is 0 Å². The van der Waals surface area contributed by atoms with E-state index in [4.69, 9.17) is 11.6 Å². The van der Waals surface area contributed by atoms with Gasteiger partial charge >= 0.3 is 0 Å². The normalized spacial score (nSPS) is 12.9. The average Bonchev–Trinajstić information content (AvgIpc) is 2.68. The van der Waals surface area contributed by atoms with Crippen LogP contribution in [-0.2, 0) is 10.0 Å². The number of sulfonamides is 1. The van der Waals surface area contributed by atoms with Gasteiger partial charge in [-0.15, -0.1) is 11.3 Å². The number of hydrogen-bond donors (Lipinski definition) is 2. The van der Waals surface area contributed by atoms with Crippen LogP contribution in [0.2, 0.25) is 5.02 Å². The van der Waals surface area contributed by atoms with Crippen LogP contribution in [0.1, 0.15) is 26.7 Å². The van der Waals surface area contributed by atoms with Crippen LogP contribution in [-0.4, -0.2) is 25.7 Å². The summed E-state index contributed by atoms with van der Waals surface area (Å²) >= 11 is 10.1. The summed E-state index contributed by atoms with van der Waals surface area (Å²) in [5, 5.41) is 9.75. The van der Waals surface area contributed by atoms with E-state index in [2.05, 4.69) is 20.7 Å². The standard InChI is InChI=1S/C10H15BrClNO3S2/c1-3-10(4-2,6-14)13-18(15,16)8-5-7(12)9(11)17-8/h5,13-14H,3-4,6H2,1-2H3. The monoisotopic (exact) mass is 375 g/mol. The molecule has 1 heterocycles. The van der Waals surface area contributed by atoms with Gasteiger partial charge in [0.25, 0.3) is 10.0 Å². The van der Waals surface area contributed by atoms with Gasteiger partial charge in [-0.1, -0.05) is 25.4 Å². The molecular weight excluding hydrogens is 362 g/mol. The van der Waals surface area contributed by atoms with Crippen molar-refractivity contribution in [2.75, 3.05) is 6.61 Å². The molecule has 0 amide bonds. The van der Waals surface area contributed by atoms with Crippen LogP contribution in [0.3, 0.4) is 0 Å². The third kappa shape index (κ3) is 3.46. The highest BCUT2D eigenvalue weighted by Gasteiger charge is 2.32. The summed E-state index contributed by atoms with van der Waals surface area (Å²) in [5.74, 6) is 0. The van der Waals surface area contributed by atoms with Crippen LogP contribution in [0.15, 0.2) is 14.1 Å². The Morgan fingerprint density at radius 2 is 2.06 bits per heavy atom. The molecule has 18 heavy (non-hydrogen) atoms. The minimum atomic E-state index is -3.66. The molecule has 0 fully saturated rings.